The Morgan fingerprint density at radius 3 is 2.41 bits per heavy atom. The fourth-order valence-electron chi connectivity index (χ4n) is 1.48. The predicted octanol–water partition coefficient (Wildman–Crippen LogP) is 4.07. The highest BCUT2D eigenvalue weighted by Crippen LogP contribution is 2.37. The largest absolute Gasteiger partial charge is 0.502 e. The normalized spacial score (nSPS) is 12.2. The number of hydrogen-bond acceptors (Lipinski definition) is 4. The maximum Gasteiger partial charge on any atom is 0.502 e. The van der Waals surface area contributed by atoms with Crippen molar-refractivity contribution in [1.82, 2.24) is 4.98 Å². The zero-order chi connectivity index (χ0) is 16.5. The summed E-state index contributed by atoms with van der Waals surface area (Å²) in [6.07, 6.45) is 2.56. The molecule has 2 rings (SSSR count). The van der Waals surface area contributed by atoms with Gasteiger partial charge in [0.1, 0.15) is 22.2 Å². The van der Waals surface area contributed by atoms with Crippen molar-refractivity contribution in [3.05, 3.63) is 46.9 Å². The smallest absolute Gasteiger partial charge is 0.454 e. The molecular weight excluding hydrogens is 394 g/mol. The first-order chi connectivity index (χ1) is 10.1. The van der Waals surface area contributed by atoms with Crippen molar-refractivity contribution in [3.8, 4) is 11.5 Å². The standard InChI is InChI=1S/C12H6BrF4NO3S/c13-7-3-9(6-18-5-7)21-10-2-1-8(14)4-11(10)22(19,20)12(15,16)17/h1-6H. The van der Waals surface area contributed by atoms with Gasteiger partial charge in [-0.05, 0) is 40.2 Å². The van der Waals surface area contributed by atoms with Crippen LogP contribution < -0.4 is 4.74 Å². The van der Waals surface area contributed by atoms with Crippen molar-refractivity contribution in [3.63, 3.8) is 0 Å². The third kappa shape index (κ3) is 3.38. The van der Waals surface area contributed by atoms with Gasteiger partial charge in [-0.15, -0.1) is 0 Å². The van der Waals surface area contributed by atoms with Crippen LogP contribution in [0.2, 0.25) is 0 Å². The van der Waals surface area contributed by atoms with E-state index in [0.717, 1.165) is 18.3 Å². The van der Waals surface area contributed by atoms with E-state index in [-0.39, 0.29) is 11.8 Å². The van der Waals surface area contributed by atoms with Gasteiger partial charge in [-0.2, -0.15) is 13.2 Å². The van der Waals surface area contributed by atoms with Gasteiger partial charge in [-0.3, -0.25) is 4.98 Å². The number of sulfone groups is 1. The third-order valence-corrected chi connectivity index (χ3v) is 4.35. The number of hydrogen-bond donors (Lipinski definition) is 0. The van der Waals surface area contributed by atoms with Crippen molar-refractivity contribution in [2.75, 3.05) is 0 Å². The highest BCUT2D eigenvalue weighted by atomic mass is 79.9. The maximum atomic E-state index is 13.2. The van der Waals surface area contributed by atoms with Crippen LogP contribution in [0.4, 0.5) is 17.6 Å². The van der Waals surface area contributed by atoms with E-state index in [1.54, 1.807) is 0 Å². The molecule has 2 aromatic rings. The first-order valence-electron chi connectivity index (χ1n) is 5.50. The molecule has 0 aliphatic carbocycles. The van der Waals surface area contributed by atoms with Gasteiger partial charge in [0, 0.05) is 10.7 Å². The molecule has 0 fully saturated rings. The van der Waals surface area contributed by atoms with Crippen molar-refractivity contribution >= 4 is 25.8 Å². The number of halogens is 5. The van der Waals surface area contributed by atoms with E-state index < -0.39 is 31.8 Å². The molecule has 0 spiro atoms. The number of alkyl halides is 3. The van der Waals surface area contributed by atoms with Gasteiger partial charge in [-0.1, -0.05) is 0 Å². The number of nitrogens with zero attached hydrogens (tertiary/aromatic N) is 1. The first-order valence-corrected chi connectivity index (χ1v) is 7.78. The van der Waals surface area contributed by atoms with Crippen molar-refractivity contribution in [2.24, 2.45) is 0 Å². The Kier molecular flexibility index (Phi) is 4.43. The zero-order valence-corrected chi connectivity index (χ0v) is 12.8. The minimum Gasteiger partial charge on any atom is -0.454 e. The van der Waals surface area contributed by atoms with Crippen LogP contribution in [0.1, 0.15) is 0 Å². The van der Waals surface area contributed by atoms with Gasteiger partial charge in [0.2, 0.25) is 0 Å². The lowest BCUT2D eigenvalue weighted by atomic mass is 10.3. The van der Waals surface area contributed by atoms with E-state index in [0.29, 0.717) is 4.47 Å². The summed E-state index contributed by atoms with van der Waals surface area (Å²) in [6.45, 7) is 0. The van der Waals surface area contributed by atoms with Crippen molar-refractivity contribution < 1.29 is 30.7 Å². The van der Waals surface area contributed by atoms with E-state index in [2.05, 4.69) is 20.9 Å². The van der Waals surface area contributed by atoms with Crippen LogP contribution in [0.15, 0.2) is 46.0 Å². The minimum absolute atomic E-state index is 0.0143. The van der Waals surface area contributed by atoms with Gasteiger partial charge >= 0.3 is 5.51 Å². The molecule has 118 valence electrons. The Morgan fingerprint density at radius 2 is 1.82 bits per heavy atom. The second-order valence-corrected chi connectivity index (χ2v) is 6.81. The van der Waals surface area contributed by atoms with Gasteiger partial charge < -0.3 is 4.74 Å². The number of benzene rings is 1. The molecule has 0 unspecified atom stereocenters. The SMILES string of the molecule is O=S(=O)(c1cc(F)ccc1Oc1cncc(Br)c1)C(F)(F)F. The quantitative estimate of drug-likeness (QED) is 0.730. The predicted molar refractivity (Wildman–Crippen MR) is 71.7 cm³/mol. The molecule has 1 aromatic carbocycles. The minimum atomic E-state index is -5.76. The fourth-order valence-corrected chi connectivity index (χ4v) is 2.71. The van der Waals surface area contributed by atoms with Gasteiger partial charge in [0.15, 0.2) is 0 Å². The van der Waals surface area contributed by atoms with E-state index in [1.165, 1.54) is 12.3 Å². The van der Waals surface area contributed by atoms with Gasteiger partial charge in [0.05, 0.1) is 6.20 Å². The van der Waals surface area contributed by atoms with Crippen molar-refractivity contribution in [2.45, 2.75) is 10.4 Å². The average Bonchev–Trinajstić information content (AvgIpc) is 2.39. The molecule has 0 saturated heterocycles. The Hall–Kier alpha value is -1.68. The summed E-state index contributed by atoms with van der Waals surface area (Å²) in [7, 11) is -5.76. The van der Waals surface area contributed by atoms with E-state index in [4.69, 9.17) is 4.74 Å². The first kappa shape index (κ1) is 16.7. The molecule has 0 bridgehead atoms. The number of rotatable bonds is 3. The molecule has 1 aromatic heterocycles. The van der Waals surface area contributed by atoms with Crippen LogP contribution in [0.5, 0.6) is 11.5 Å². The summed E-state index contributed by atoms with van der Waals surface area (Å²) in [5, 5.41) is 0. The average molecular weight is 400 g/mol. The maximum absolute atomic E-state index is 13.2. The van der Waals surface area contributed by atoms with Crippen LogP contribution in [0.25, 0.3) is 0 Å². The second kappa shape index (κ2) is 5.84. The molecule has 0 N–H and O–H groups in total. The lowest BCUT2D eigenvalue weighted by molar-refractivity contribution is -0.0437. The van der Waals surface area contributed by atoms with Crippen LogP contribution in [0.3, 0.4) is 0 Å². The molecule has 22 heavy (non-hydrogen) atoms. The lowest BCUT2D eigenvalue weighted by Gasteiger charge is -2.13. The summed E-state index contributed by atoms with van der Waals surface area (Å²) in [5.74, 6) is -1.80. The molecule has 0 saturated carbocycles. The molecule has 0 atom stereocenters. The zero-order valence-electron chi connectivity index (χ0n) is 10.4. The number of aromatic nitrogens is 1. The van der Waals surface area contributed by atoms with Crippen LogP contribution >= 0.6 is 15.9 Å². The topological polar surface area (TPSA) is 56.3 Å². The summed E-state index contributed by atoms with van der Waals surface area (Å²) in [6, 6.07) is 3.20. The highest BCUT2D eigenvalue weighted by molar-refractivity contribution is 9.10. The Morgan fingerprint density at radius 1 is 1.14 bits per heavy atom. The molecule has 4 nitrogen and oxygen atoms in total. The van der Waals surface area contributed by atoms with Gasteiger partial charge in [-0.25, -0.2) is 12.8 Å². The summed E-state index contributed by atoms with van der Waals surface area (Å²) >= 11 is 3.08. The lowest BCUT2D eigenvalue weighted by Crippen LogP contribution is -2.23. The Bertz CT molecular complexity index is 808. The second-order valence-electron chi connectivity index (χ2n) is 3.98. The van der Waals surface area contributed by atoms with Gasteiger partial charge in [0.25, 0.3) is 9.84 Å². The van der Waals surface area contributed by atoms with Crippen molar-refractivity contribution in [1.29, 1.82) is 0 Å². The van der Waals surface area contributed by atoms with Crippen LogP contribution in [-0.4, -0.2) is 18.9 Å². The molecule has 0 aliphatic heterocycles. The molecule has 0 aliphatic rings. The molecule has 1 heterocycles. The summed E-state index contributed by atoms with van der Waals surface area (Å²) in [5.41, 5.74) is -5.57. The molecule has 0 radical (unpaired) electrons. The van der Waals surface area contributed by atoms with Crippen LogP contribution in [-0.2, 0) is 9.84 Å². The number of pyridine rings is 1. The number of ether oxygens (including phenoxy) is 1. The molecule has 10 heteroatoms. The molecular formula is C12H6BrF4NO3S. The monoisotopic (exact) mass is 399 g/mol. The third-order valence-electron chi connectivity index (χ3n) is 2.41. The van der Waals surface area contributed by atoms with E-state index in [9.17, 15) is 26.0 Å². The van der Waals surface area contributed by atoms with E-state index in [1.807, 2.05) is 0 Å². The Labute approximate surface area is 130 Å². The Balaban J connectivity index is 2.54. The molecule has 0 amide bonds. The summed E-state index contributed by atoms with van der Waals surface area (Å²) < 4.78 is 79.6. The van der Waals surface area contributed by atoms with Crippen LogP contribution in [0, 0.1) is 5.82 Å². The highest BCUT2D eigenvalue weighted by Gasteiger charge is 2.48. The summed E-state index contributed by atoms with van der Waals surface area (Å²) in [4.78, 5) is 2.42. The fraction of sp³-hybridized carbons (Fsp3) is 0.0833. The van der Waals surface area contributed by atoms with E-state index >= 15 is 0 Å².